The fraction of sp³-hybridized carbons (Fsp3) is 0.643. The van der Waals surface area contributed by atoms with Crippen molar-refractivity contribution < 1.29 is 0 Å². The van der Waals surface area contributed by atoms with Gasteiger partial charge in [0.1, 0.15) is 11.6 Å². The summed E-state index contributed by atoms with van der Waals surface area (Å²) in [6.07, 6.45) is 3.80. The Hall–Kier alpha value is -0.710. The van der Waals surface area contributed by atoms with Gasteiger partial charge < -0.3 is 15.5 Å². The predicted molar refractivity (Wildman–Crippen MR) is 87.2 cm³/mol. The van der Waals surface area contributed by atoms with Gasteiger partial charge in [-0.2, -0.15) is 0 Å². The van der Waals surface area contributed by atoms with Crippen molar-refractivity contribution in [2.75, 3.05) is 37.3 Å². The average molecular weight is 317 g/mol. The SMILES string of the molecule is CCNc1nc(NCC2CCCCN2C)c(Cl)cc1Cl. The number of halogens is 2. The summed E-state index contributed by atoms with van der Waals surface area (Å²) in [6.45, 7) is 4.81. The van der Waals surface area contributed by atoms with Crippen LogP contribution in [0.3, 0.4) is 0 Å². The summed E-state index contributed by atoms with van der Waals surface area (Å²) < 4.78 is 0. The van der Waals surface area contributed by atoms with E-state index in [2.05, 4.69) is 27.6 Å². The molecule has 0 bridgehead atoms. The molecule has 1 aliphatic rings. The van der Waals surface area contributed by atoms with Crippen molar-refractivity contribution in [2.24, 2.45) is 0 Å². The Labute approximate surface area is 130 Å². The molecule has 1 aromatic rings. The average Bonchev–Trinajstić information content (AvgIpc) is 2.42. The van der Waals surface area contributed by atoms with E-state index < -0.39 is 0 Å². The molecule has 0 aliphatic carbocycles. The maximum Gasteiger partial charge on any atom is 0.147 e. The van der Waals surface area contributed by atoms with Crippen LogP contribution in [-0.2, 0) is 0 Å². The second kappa shape index (κ2) is 7.34. The highest BCUT2D eigenvalue weighted by Gasteiger charge is 2.19. The number of piperidine rings is 1. The largest absolute Gasteiger partial charge is 0.369 e. The van der Waals surface area contributed by atoms with E-state index in [1.807, 2.05) is 6.92 Å². The van der Waals surface area contributed by atoms with Gasteiger partial charge in [0.05, 0.1) is 10.0 Å². The lowest BCUT2D eigenvalue weighted by Crippen LogP contribution is -2.40. The molecule has 1 unspecified atom stereocenters. The van der Waals surface area contributed by atoms with Crippen LogP contribution >= 0.6 is 23.2 Å². The van der Waals surface area contributed by atoms with Crippen molar-refractivity contribution in [2.45, 2.75) is 32.2 Å². The first-order chi connectivity index (χ1) is 9.61. The Balaban J connectivity index is 2.02. The smallest absolute Gasteiger partial charge is 0.147 e. The van der Waals surface area contributed by atoms with E-state index >= 15 is 0 Å². The van der Waals surface area contributed by atoms with Crippen LogP contribution in [0.4, 0.5) is 11.6 Å². The molecule has 2 heterocycles. The van der Waals surface area contributed by atoms with Gasteiger partial charge >= 0.3 is 0 Å². The minimum absolute atomic E-state index is 0.542. The normalized spacial score (nSPS) is 19.9. The molecule has 0 spiro atoms. The van der Waals surface area contributed by atoms with Gasteiger partial charge in [0.15, 0.2) is 0 Å². The van der Waals surface area contributed by atoms with Gasteiger partial charge in [0, 0.05) is 19.1 Å². The molecule has 1 atom stereocenters. The lowest BCUT2D eigenvalue weighted by Gasteiger charge is -2.32. The van der Waals surface area contributed by atoms with E-state index in [0.29, 0.717) is 27.7 Å². The molecule has 2 rings (SSSR count). The van der Waals surface area contributed by atoms with Crippen LogP contribution in [-0.4, -0.2) is 42.6 Å². The Kier molecular flexibility index (Phi) is 5.75. The van der Waals surface area contributed by atoms with Crippen molar-refractivity contribution >= 4 is 34.8 Å². The number of hydrogen-bond acceptors (Lipinski definition) is 4. The second-order valence-corrected chi connectivity index (χ2v) is 6.01. The molecule has 1 fully saturated rings. The van der Waals surface area contributed by atoms with Crippen LogP contribution in [0.5, 0.6) is 0 Å². The predicted octanol–water partition coefficient (Wildman–Crippen LogP) is 3.72. The fourth-order valence-electron chi connectivity index (χ4n) is 2.50. The minimum Gasteiger partial charge on any atom is -0.369 e. The maximum atomic E-state index is 6.20. The Bertz CT molecular complexity index is 453. The van der Waals surface area contributed by atoms with Crippen LogP contribution in [0.2, 0.25) is 10.0 Å². The number of hydrogen-bond donors (Lipinski definition) is 2. The molecule has 6 heteroatoms. The number of pyridine rings is 1. The highest BCUT2D eigenvalue weighted by molar-refractivity contribution is 6.37. The van der Waals surface area contributed by atoms with Crippen LogP contribution in [0, 0.1) is 0 Å². The molecule has 20 heavy (non-hydrogen) atoms. The van der Waals surface area contributed by atoms with Gasteiger partial charge in [0.25, 0.3) is 0 Å². The van der Waals surface area contributed by atoms with Crippen molar-refractivity contribution in [3.05, 3.63) is 16.1 Å². The number of nitrogens with zero attached hydrogens (tertiary/aromatic N) is 2. The molecule has 0 saturated carbocycles. The van der Waals surface area contributed by atoms with Crippen LogP contribution in [0.1, 0.15) is 26.2 Å². The van der Waals surface area contributed by atoms with Gasteiger partial charge in [-0.25, -0.2) is 4.98 Å². The standard InChI is InChI=1S/C14H22Cl2N4/c1-3-17-13-11(15)8-12(16)14(19-13)18-9-10-6-4-5-7-20(10)2/h8,10H,3-7,9H2,1-2H3,(H2,17,18,19). The van der Waals surface area contributed by atoms with Gasteiger partial charge in [0.2, 0.25) is 0 Å². The van der Waals surface area contributed by atoms with E-state index in [4.69, 9.17) is 23.2 Å². The Morgan fingerprint density at radius 1 is 1.25 bits per heavy atom. The zero-order chi connectivity index (χ0) is 14.5. The number of likely N-dealkylation sites (tertiary alicyclic amines) is 1. The zero-order valence-corrected chi connectivity index (χ0v) is 13.6. The van der Waals surface area contributed by atoms with E-state index in [9.17, 15) is 0 Å². The first kappa shape index (κ1) is 15.7. The molecule has 0 amide bonds. The topological polar surface area (TPSA) is 40.2 Å². The van der Waals surface area contributed by atoms with Crippen molar-refractivity contribution in [3.8, 4) is 0 Å². The summed E-state index contributed by atoms with van der Waals surface area (Å²) in [5.74, 6) is 1.38. The number of nitrogens with one attached hydrogen (secondary N) is 2. The lowest BCUT2D eigenvalue weighted by atomic mass is 10.0. The first-order valence-corrected chi connectivity index (χ1v) is 7.91. The minimum atomic E-state index is 0.542. The summed E-state index contributed by atoms with van der Waals surface area (Å²) in [6, 6.07) is 2.28. The zero-order valence-electron chi connectivity index (χ0n) is 12.0. The van der Waals surface area contributed by atoms with Gasteiger partial charge in [-0.15, -0.1) is 0 Å². The van der Waals surface area contributed by atoms with E-state index in [1.54, 1.807) is 6.07 Å². The molecule has 4 nitrogen and oxygen atoms in total. The quantitative estimate of drug-likeness (QED) is 0.868. The van der Waals surface area contributed by atoms with Gasteiger partial charge in [-0.05, 0) is 39.4 Å². The molecular formula is C14H22Cl2N4. The highest BCUT2D eigenvalue weighted by atomic mass is 35.5. The van der Waals surface area contributed by atoms with Crippen molar-refractivity contribution in [1.82, 2.24) is 9.88 Å². The summed E-state index contributed by atoms with van der Waals surface area (Å²) in [4.78, 5) is 6.86. The summed E-state index contributed by atoms with van der Waals surface area (Å²) in [7, 11) is 2.17. The third-order valence-electron chi connectivity index (χ3n) is 3.70. The molecule has 1 aromatic heterocycles. The fourth-order valence-corrected chi connectivity index (χ4v) is 2.99. The number of likely N-dealkylation sites (N-methyl/N-ethyl adjacent to an activating group) is 1. The van der Waals surface area contributed by atoms with Crippen molar-refractivity contribution in [1.29, 1.82) is 0 Å². The van der Waals surface area contributed by atoms with Crippen molar-refractivity contribution in [3.63, 3.8) is 0 Å². The molecular weight excluding hydrogens is 295 g/mol. The molecule has 0 aromatic carbocycles. The highest BCUT2D eigenvalue weighted by Crippen LogP contribution is 2.29. The third kappa shape index (κ3) is 3.90. The molecule has 0 radical (unpaired) electrons. The molecule has 1 saturated heterocycles. The number of aromatic nitrogens is 1. The summed E-state index contributed by atoms with van der Waals surface area (Å²) >= 11 is 12.3. The number of rotatable bonds is 5. The maximum absolute atomic E-state index is 6.20. The monoisotopic (exact) mass is 316 g/mol. The van der Waals surface area contributed by atoms with Crippen LogP contribution in [0.15, 0.2) is 6.07 Å². The van der Waals surface area contributed by atoms with Crippen LogP contribution < -0.4 is 10.6 Å². The molecule has 1 aliphatic heterocycles. The molecule has 112 valence electrons. The Morgan fingerprint density at radius 2 is 1.95 bits per heavy atom. The number of anilines is 2. The summed E-state index contributed by atoms with van der Waals surface area (Å²) in [5, 5.41) is 7.61. The van der Waals surface area contributed by atoms with E-state index in [-0.39, 0.29) is 0 Å². The second-order valence-electron chi connectivity index (χ2n) is 5.19. The van der Waals surface area contributed by atoms with Gasteiger partial charge in [-0.3, -0.25) is 0 Å². The van der Waals surface area contributed by atoms with E-state index in [0.717, 1.165) is 19.6 Å². The van der Waals surface area contributed by atoms with E-state index in [1.165, 1.54) is 19.3 Å². The first-order valence-electron chi connectivity index (χ1n) is 7.15. The third-order valence-corrected chi connectivity index (χ3v) is 4.28. The van der Waals surface area contributed by atoms with Crippen LogP contribution in [0.25, 0.3) is 0 Å². The summed E-state index contributed by atoms with van der Waals surface area (Å²) in [5.41, 5.74) is 0. The van der Waals surface area contributed by atoms with Gasteiger partial charge in [-0.1, -0.05) is 29.6 Å². The Morgan fingerprint density at radius 3 is 2.60 bits per heavy atom. The lowest BCUT2D eigenvalue weighted by molar-refractivity contribution is 0.194. The molecule has 2 N–H and O–H groups in total.